The molecular formula is C14H27Cl. The number of alkyl halides is 1. The summed E-state index contributed by atoms with van der Waals surface area (Å²) in [5.74, 6) is 0.837. The Morgan fingerprint density at radius 1 is 0.733 bits per heavy atom. The van der Waals surface area contributed by atoms with Crippen LogP contribution in [0.15, 0.2) is 12.2 Å². The second kappa shape index (κ2) is 14.0. The maximum Gasteiger partial charge on any atom is 0.0223 e. The Labute approximate surface area is 101 Å². The van der Waals surface area contributed by atoms with Crippen molar-refractivity contribution in [3.8, 4) is 0 Å². The van der Waals surface area contributed by atoms with Crippen molar-refractivity contribution in [3.05, 3.63) is 12.2 Å². The van der Waals surface area contributed by atoms with Gasteiger partial charge in [0.15, 0.2) is 0 Å². The predicted molar refractivity (Wildman–Crippen MR) is 71.7 cm³/mol. The van der Waals surface area contributed by atoms with Crippen LogP contribution >= 0.6 is 11.6 Å². The maximum atomic E-state index is 5.62. The maximum absolute atomic E-state index is 5.62. The van der Waals surface area contributed by atoms with Crippen LogP contribution in [0.4, 0.5) is 0 Å². The molecule has 0 amide bonds. The third-order valence-corrected chi connectivity index (χ3v) is 2.92. The van der Waals surface area contributed by atoms with Gasteiger partial charge in [0, 0.05) is 5.88 Å². The van der Waals surface area contributed by atoms with Crippen molar-refractivity contribution < 1.29 is 0 Å². The van der Waals surface area contributed by atoms with E-state index in [1.807, 2.05) is 0 Å². The highest BCUT2D eigenvalue weighted by Gasteiger charge is 1.91. The minimum absolute atomic E-state index is 0.837. The van der Waals surface area contributed by atoms with Crippen molar-refractivity contribution in [2.75, 3.05) is 5.88 Å². The van der Waals surface area contributed by atoms with Crippen molar-refractivity contribution in [1.82, 2.24) is 0 Å². The Morgan fingerprint density at radius 3 is 1.80 bits per heavy atom. The highest BCUT2D eigenvalue weighted by molar-refractivity contribution is 6.17. The zero-order valence-electron chi connectivity index (χ0n) is 10.3. The van der Waals surface area contributed by atoms with Crippen molar-refractivity contribution >= 4 is 11.6 Å². The van der Waals surface area contributed by atoms with Crippen LogP contribution in [-0.2, 0) is 0 Å². The van der Waals surface area contributed by atoms with Crippen LogP contribution in [0.5, 0.6) is 0 Å². The van der Waals surface area contributed by atoms with Gasteiger partial charge in [0.05, 0.1) is 0 Å². The summed E-state index contributed by atoms with van der Waals surface area (Å²) in [5, 5.41) is 0. The molecule has 15 heavy (non-hydrogen) atoms. The highest BCUT2D eigenvalue weighted by atomic mass is 35.5. The molecule has 90 valence electrons. The smallest absolute Gasteiger partial charge is 0.0223 e. The second-order valence-electron chi connectivity index (χ2n) is 4.19. The van der Waals surface area contributed by atoms with Gasteiger partial charge in [-0.15, -0.1) is 11.6 Å². The Morgan fingerprint density at radius 2 is 1.27 bits per heavy atom. The van der Waals surface area contributed by atoms with Gasteiger partial charge in [-0.25, -0.2) is 0 Å². The monoisotopic (exact) mass is 230 g/mol. The summed E-state index contributed by atoms with van der Waals surface area (Å²) in [4.78, 5) is 0. The van der Waals surface area contributed by atoms with E-state index in [9.17, 15) is 0 Å². The molecule has 0 rings (SSSR count). The minimum Gasteiger partial charge on any atom is -0.127 e. The van der Waals surface area contributed by atoms with Crippen molar-refractivity contribution in [3.63, 3.8) is 0 Å². The SMILES string of the molecule is CCC=CCCCCCCCCCCCl. The predicted octanol–water partition coefficient (Wildman–Crippen LogP) is 5.70. The molecule has 0 N–H and O–H groups in total. The number of halogens is 1. The summed E-state index contributed by atoms with van der Waals surface area (Å²) in [5.41, 5.74) is 0. The van der Waals surface area contributed by atoms with Gasteiger partial charge < -0.3 is 0 Å². The fourth-order valence-electron chi connectivity index (χ4n) is 1.70. The summed E-state index contributed by atoms with van der Waals surface area (Å²) in [7, 11) is 0. The van der Waals surface area contributed by atoms with Crippen LogP contribution in [0.3, 0.4) is 0 Å². The van der Waals surface area contributed by atoms with Gasteiger partial charge in [0.2, 0.25) is 0 Å². The average Bonchev–Trinajstić information content (AvgIpc) is 2.26. The van der Waals surface area contributed by atoms with Gasteiger partial charge in [0.25, 0.3) is 0 Å². The van der Waals surface area contributed by atoms with E-state index in [1.165, 1.54) is 64.2 Å². The molecule has 0 bridgehead atoms. The largest absolute Gasteiger partial charge is 0.127 e. The van der Waals surface area contributed by atoms with E-state index >= 15 is 0 Å². The molecule has 0 aromatic heterocycles. The van der Waals surface area contributed by atoms with Gasteiger partial charge in [0.1, 0.15) is 0 Å². The van der Waals surface area contributed by atoms with Crippen LogP contribution in [0.1, 0.15) is 71.1 Å². The summed E-state index contributed by atoms with van der Waals surface area (Å²) in [6.45, 7) is 2.19. The summed E-state index contributed by atoms with van der Waals surface area (Å²) in [6.07, 6.45) is 18.0. The normalized spacial score (nSPS) is 11.3. The molecule has 0 aromatic rings. The van der Waals surface area contributed by atoms with Crippen LogP contribution in [-0.4, -0.2) is 5.88 Å². The number of hydrogen-bond donors (Lipinski definition) is 0. The molecule has 0 atom stereocenters. The molecular weight excluding hydrogens is 204 g/mol. The van der Waals surface area contributed by atoms with Crippen molar-refractivity contribution in [1.29, 1.82) is 0 Å². The molecule has 0 aliphatic carbocycles. The van der Waals surface area contributed by atoms with E-state index in [0.29, 0.717) is 0 Å². The number of unbranched alkanes of at least 4 members (excludes halogenated alkanes) is 8. The van der Waals surface area contributed by atoms with E-state index in [1.54, 1.807) is 0 Å². The van der Waals surface area contributed by atoms with Gasteiger partial charge in [-0.2, -0.15) is 0 Å². The lowest BCUT2D eigenvalue weighted by Crippen LogP contribution is -1.81. The second-order valence-corrected chi connectivity index (χ2v) is 4.56. The molecule has 0 fully saturated rings. The third-order valence-electron chi connectivity index (χ3n) is 2.66. The number of rotatable bonds is 11. The Kier molecular flexibility index (Phi) is 14.1. The number of allylic oxidation sites excluding steroid dienone is 2. The van der Waals surface area contributed by atoms with E-state index in [-0.39, 0.29) is 0 Å². The Balaban J connectivity index is 2.89. The highest BCUT2D eigenvalue weighted by Crippen LogP contribution is 2.10. The molecule has 0 saturated carbocycles. The minimum atomic E-state index is 0.837. The van der Waals surface area contributed by atoms with Crippen LogP contribution in [0.2, 0.25) is 0 Å². The number of hydrogen-bond acceptors (Lipinski definition) is 0. The first-order valence-electron chi connectivity index (χ1n) is 6.62. The molecule has 0 aliphatic rings. The van der Waals surface area contributed by atoms with E-state index in [4.69, 9.17) is 11.6 Å². The quantitative estimate of drug-likeness (QED) is 0.243. The third kappa shape index (κ3) is 14.0. The fraction of sp³-hybridized carbons (Fsp3) is 0.857. The lowest BCUT2D eigenvalue weighted by atomic mass is 10.1. The van der Waals surface area contributed by atoms with E-state index < -0.39 is 0 Å². The topological polar surface area (TPSA) is 0 Å². The van der Waals surface area contributed by atoms with Crippen LogP contribution < -0.4 is 0 Å². The lowest BCUT2D eigenvalue weighted by molar-refractivity contribution is 0.578. The molecule has 0 aliphatic heterocycles. The first-order chi connectivity index (χ1) is 7.41. The standard InChI is InChI=1S/C14H27Cl/c1-2-3-4-5-6-7-8-9-10-11-12-13-14-15/h3-4H,2,5-14H2,1H3. The van der Waals surface area contributed by atoms with Crippen LogP contribution in [0, 0.1) is 0 Å². The zero-order valence-corrected chi connectivity index (χ0v) is 11.1. The molecule has 1 heteroatoms. The van der Waals surface area contributed by atoms with Gasteiger partial charge in [-0.3, -0.25) is 0 Å². The first kappa shape index (κ1) is 15.0. The summed E-state index contributed by atoms with van der Waals surface area (Å²) < 4.78 is 0. The molecule has 0 aromatic carbocycles. The summed E-state index contributed by atoms with van der Waals surface area (Å²) in [6, 6.07) is 0. The van der Waals surface area contributed by atoms with Crippen LogP contribution in [0.25, 0.3) is 0 Å². The van der Waals surface area contributed by atoms with Crippen molar-refractivity contribution in [2.45, 2.75) is 71.1 Å². The van der Waals surface area contributed by atoms with E-state index in [0.717, 1.165) is 5.88 Å². The Bertz CT molecular complexity index is 129. The fourth-order valence-corrected chi connectivity index (χ4v) is 1.89. The first-order valence-corrected chi connectivity index (χ1v) is 7.16. The van der Waals surface area contributed by atoms with Gasteiger partial charge in [-0.1, -0.05) is 57.6 Å². The Hall–Kier alpha value is 0.0300. The molecule has 0 unspecified atom stereocenters. The van der Waals surface area contributed by atoms with E-state index in [2.05, 4.69) is 19.1 Å². The van der Waals surface area contributed by atoms with Crippen molar-refractivity contribution in [2.24, 2.45) is 0 Å². The lowest BCUT2D eigenvalue weighted by Gasteiger charge is -2.00. The molecule has 0 heterocycles. The zero-order chi connectivity index (χ0) is 11.2. The molecule has 0 radical (unpaired) electrons. The van der Waals surface area contributed by atoms with Gasteiger partial charge >= 0.3 is 0 Å². The molecule has 0 nitrogen and oxygen atoms in total. The van der Waals surface area contributed by atoms with Gasteiger partial charge in [-0.05, 0) is 25.7 Å². The average molecular weight is 231 g/mol. The molecule has 0 saturated heterocycles. The summed E-state index contributed by atoms with van der Waals surface area (Å²) >= 11 is 5.62. The molecule has 0 spiro atoms.